The minimum absolute atomic E-state index is 0.0373. The average Bonchev–Trinajstić information content (AvgIpc) is 2.16. The summed E-state index contributed by atoms with van der Waals surface area (Å²) in [4.78, 5) is 20.8. The number of hydrogen-bond acceptors (Lipinski definition) is 4. The first-order valence-corrected chi connectivity index (χ1v) is 4.94. The first-order chi connectivity index (χ1) is 7.50. The molecule has 16 heavy (non-hydrogen) atoms. The number of carbonyl (C=O) groups excluding carboxylic acids is 1. The molecule has 0 N–H and O–H groups in total. The van der Waals surface area contributed by atoms with Gasteiger partial charge < -0.3 is 4.74 Å². The Balaban J connectivity index is 2.80. The van der Waals surface area contributed by atoms with Crippen LogP contribution in [0.1, 0.15) is 13.3 Å². The normalized spacial score (nSPS) is 9.88. The summed E-state index contributed by atoms with van der Waals surface area (Å²) in [6, 6.07) is 4.04. The van der Waals surface area contributed by atoms with Crippen molar-refractivity contribution in [3.63, 3.8) is 0 Å². The Morgan fingerprint density at radius 3 is 2.81 bits per heavy atom. The molecule has 0 spiro atoms. The van der Waals surface area contributed by atoms with E-state index in [0.29, 0.717) is 5.02 Å². The number of rotatable bonds is 5. The van der Waals surface area contributed by atoms with Gasteiger partial charge >= 0.3 is 5.69 Å². The summed E-state index contributed by atoms with van der Waals surface area (Å²) in [5.41, 5.74) is -0.159. The summed E-state index contributed by atoms with van der Waals surface area (Å²) >= 11 is 5.69. The van der Waals surface area contributed by atoms with Crippen LogP contribution in [0.5, 0.6) is 5.75 Å². The second-order valence-corrected chi connectivity index (χ2v) is 3.61. The molecule has 0 saturated heterocycles. The summed E-state index contributed by atoms with van der Waals surface area (Å²) < 4.78 is 5.14. The van der Waals surface area contributed by atoms with Gasteiger partial charge in [0.15, 0.2) is 5.75 Å². The molecule has 0 bridgehead atoms. The third kappa shape index (κ3) is 3.51. The maximum Gasteiger partial charge on any atom is 0.311 e. The van der Waals surface area contributed by atoms with Gasteiger partial charge in [0.1, 0.15) is 5.78 Å². The van der Waals surface area contributed by atoms with Crippen molar-refractivity contribution in [2.75, 3.05) is 6.61 Å². The molecule has 0 amide bonds. The number of halogens is 1. The van der Waals surface area contributed by atoms with Crippen LogP contribution >= 0.6 is 11.6 Å². The minimum atomic E-state index is -0.556. The summed E-state index contributed by atoms with van der Waals surface area (Å²) in [7, 11) is 0. The molecule has 6 heteroatoms. The van der Waals surface area contributed by atoms with Crippen molar-refractivity contribution < 1.29 is 14.5 Å². The van der Waals surface area contributed by atoms with Gasteiger partial charge in [0.25, 0.3) is 0 Å². The average molecular weight is 244 g/mol. The van der Waals surface area contributed by atoms with Crippen LogP contribution in [0.15, 0.2) is 18.2 Å². The van der Waals surface area contributed by atoms with Crippen molar-refractivity contribution in [2.24, 2.45) is 0 Å². The van der Waals surface area contributed by atoms with Gasteiger partial charge in [-0.1, -0.05) is 11.6 Å². The van der Waals surface area contributed by atoms with Crippen molar-refractivity contribution in [2.45, 2.75) is 13.3 Å². The van der Waals surface area contributed by atoms with Crippen LogP contribution in [0.25, 0.3) is 0 Å². The molecule has 0 radical (unpaired) electrons. The van der Waals surface area contributed by atoms with Crippen molar-refractivity contribution in [3.05, 3.63) is 33.3 Å². The van der Waals surface area contributed by atoms with E-state index < -0.39 is 4.92 Å². The summed E-state index contributed by atoms with van der Waals surface area (Å²) in [6.07, 6.45) is 0.212. The number of hydrogen-bond donors (Lipinski definition) is 0. The molecule has 1 aromatic carbocycles. The lowest BCUT2D eigenvalue weighted by molar-refractivity contribution is -0.385. The smallest absolute Gasteiger partial charge is 0.311 e. The Hall–Kier alpha value is -1.62. The molecule has 0 aliphatic carbocycles. The molecule has 0 unspecified atom stereocenters. The molecule has 0 saturated carbocycles. The minimum Gasteiger partial charge on any atom is -0.486 e. The third-order valence-electron chi connectivity index (χ3n) is 1.83. The number of nitro benzene ring substituents is 1. The SMILES string of the molecule is CC(=O)CCOc1cc(Cl)ccc1[N+](=O)[O-]. The number of Topliss-reactive ketones (excluding diaryl/α,β-unsaturated/α-hetero) is 1. The van der Waals surface area contributed by atoms with Gasteiger partial charge in [-0.15, -0.1) is 0 Å². The molecule has 5 nitrogen and oxygen atoms in total. The maximum atomic E-state index is 10.7. The van der Waals surface area contributed by atoms with Gasteiger partial charge in [-0.05, 0) is 13.0 Å². The molecular formula is C10H10ClNO4. The molecule has 0 aliphatic heterocycles. The van der Waals surface area contributed by atoms with E-state index in [2.05, 4.69) is 0 Å². The second-order valence-electron chi connectivity index (χ2n) is 3.17. The Morgan fingerprint density at radius 2 is 2.25 bits per heavy atom. The zero-order valence-electron chi connectivity index (χ0n) is 8.60. The number of nitro groups is 1. The molecule has 1 aromatic rings. The fraction of sp³-hybridized carbons (Fsp3) is 0.300. The van der Waals surface area contributed by atoms with E-state index in [9.17, 15) is 14.9 Å². The number of ketones is 1. The van der Waals surface area contributed by atoms with Gasteiger partial charge in [0.2, 0.25) is 0 Å². The fourth-order valence-corrected chi connectivity index (χ4v) is 1.22. The van der Waals surface area contributed by atoms with Crippen LogP contribution < -0.4 is 4.74 Å². The second kappa shape index (κ2) is 5.46. The summed E-state index contributed by atoms with van der Waals surface area (Å²) in [5, 5.41) is 11.0. The molecule has 86 valence electrons. The zero-order valence-corrected chi connectivity index (χ0v) is 9.36. The van der Waals surface area contributed by atoms with Gasteiger partial charge in [0, 0.05) is 23.6 Å². The molecule has 0 aliphatic rings. The van der Waals surface area contributed by atoms with Crippen LogP contribution in [0.4, 0.5) is 5.69 Å². The van der Waals surface area contributed by atoms with E-state index in [4.69, 9.17) is 16.3 Å². The standard InChI is InChI=1S/C10H10ClNO4/c1-7(13)4-5-16-10-6-8(11)2-3-9(10)12(14)15/h2-3,6H,4-5H2,1H3. The molecule has 1 rings (SSSR count). The van der Waals surface area contributed by atoms with Crippen LogP contribution in [-0.2, 0) is 4.79 Å². The van der Waals surface area contributed by atoms with Crippen LogP contribution in [-0.4, -0.2) is 17.3 Å². The van der Waals surface area contributed by atoms with Gasteiger partial charge in [0.05, 0.1) is 11.5 Å². The predicted molar refractivity (Wildman–Crippen MR) is 58.9 cm³/mol. The fourth-order valence-electron chi connectivity index (χ4n) is 1.06. The van der Waals surface area contributed by atoms with E-state index in [1.165, 1.54) is 25.1 Å². The van der Waals surface area contributed by atoms with E-state index in [0.717, 1.165) is 0 Å². The Kier molecular flexibility index (Phi) is 4.25. The first kappa shape index (κ1) is 12.4. The van der Waals surface area contributed by atoms with E-state index in [1.54, 1.807) is 0 Å². The molecule has 0 atom stereocenters. The van der Waals surface area contributed by atoms with E-state index in [-0.39, 0.29) is 30.2 Å². The zero-order chi connectivity index (χ0) is 12.1. The van der Waals surface area contributed by atoms with Crippen molar-refractivity contribution in [1.29, 1.82) is 0 Å². The van der Waals surface area contributed by atoms with E-state index in [1.807, 2.05) is 0 Å². The molecule has 0 heterocycles. The van der Waals surface area contributed by atoms with Gasteiger partial charge in [-0.2, -0.15) is 0 Å². The summed E-state index contributed by atoms with van der Waals surface area (Å²) in [6.45, 7) is 1.53. The number of carbonyl (C=O) groups is 1. The topological polar surface area (TPSA) is 69.4 Å². The Bertz CT molecular complexity index is 419. The highest BCUT2D eigenvalue weighted by Crippen LogP contribution is 2.29. The highest BCUT2D eigenvalue weighted by Gasteiger charge is 2.15. The maximum absolute atomic E-state index is 10.7. The van der Waals surface area contributed by atoms with Crippen molar-refractivity contribution in [3.8, 4) is 5.75 Å². The quantitative estimate of drug-likeness (QED) is 0.589. The van der Waals surface area contributed by atoms with Gasteiger partial charge in [-0.25, -0.2) is 0 Å². The molecular weight excluding hydrogens is 234 g/mol. The molecule has 0 fully saturated rings. The van der Waals surface area contributed by atoms with E-state index >= 15 is 0 Å². The van der Waals surface area contributed by atoms with Crippen molar-refractivity contribution >= 4 is 23.1 Å². The lowest BCUT2D eigenvalue weighted by Gasteiger charge is -2.05. The van der Waals surface area contributed by atoms with Crippen LogP contribution in [0, 0.1) is 10.1 Å². The van der Waals surface area contributed by atoms with Crippen LogP contribution in [0.3, 0.4) is 0 Å². The van der Waals surface area contributed by atoms with Gasteiger partial charge in [-0.3, -0.25) is 14.9 Å². The van der Waals surface area contributed by atoms with Crippen molar-refractivity contribution in [1.82, 2.24) is 0 Å². The Morgan fingerprint density at radius 1 is 1.56 bits per heavy atom. The third-order valence-corrected chi connectivity index (χ3v) is 2.07. The first-order valence-electron chi connectivity index (χ1n) is 4.57. The lowest BCUT2D eigenvalue weighted by atomic mass is 10.3. The monoisotopic (exact) mass is 243 g/mol. The summed E-state index contributed by atoms with van der Waals surface area (Å²) in [5.74, 6) is 0.0448. The van der Waals surface area contributed by atoms with Crippen LogP contribution in [0.2, 0.25) is 5.02 Å². The molecule has 0 aromatic heterocycles. The largest absolute Gasteiger partial charge is 0.486 e. The lowest BCUT2D eigenvalue weighted by Crippen LogP contribution is -2.04. The number of benzene rings is 1. The predicted octanol–water partition coefficient (Wildman–Crippen LogP) is 2.61. The number of nitrogens with zero attached hydrogens (tertiary/aromatic N) is 1. The number of ether oxygens (including phenoxy) is 1. The highest BCUT2D eigenvalue weighted by atomic mass is 35.5. The Labute approximate surface area is 97.1 Å². The highest BCUT2D eigenvalue weighted by molar-refractivity contribution is 6.30.